The highest BCUT2D eigenvalue weighted by Gasteiger charge is 2.27. The van der Waals surface area contributed by atoms with E-state index in [-0.39, 0.29) is 0 Å². The Bertz CT molecular complexity index is 253. The van der Waals surface area contributed by atoms with Crippen LogP contribution in [0.1, 0.15) is 37.0 Å². The van der Waals surface area contributed by atoms with Gasteiger partial charge >= 0.3 is 0 Å². The molecule has 1 aliphatic rings. The van der Waals surface area contributed by atoms with Gasteiger partial charge in [-0.05, 0) is 17.0 Å². The molecule has 1 unspecified atom stereocenters. The maximum absolute atomic E-state index is 5.29. The predicted octanol–water partition coefficient (Wildman–Crippen LogP) is 2.88. The molecule has 0 spiro atoms. The Morgan fingerprint density at radius 1 is 1.33 bits per heavy atom. The SMILES string of the molecule is CC(C)c1ccccc1C1CO1. The van der Waals surface area contributed by atoms with Crippen molar-refractivity contribution >= 4 is 0 Å². The first-order valence-corrected chi connectivity index (χ1v) is 4.49. The van der Waals surface area contributed by atoms with Crippen molar-refractivity contribution < 1.29 is 4.74 Å². The second-order valence-electron chi connectivity index (χ2n) is 3.61. The molecular weight excluding hydrogens is 148 g/mol. The standard InChI is InChI=1S/C11H14O/c1-8(2)9-5-3-4-6-10(9)11-7-12-11/h3-6,8,11H,7H2,1-2H3. The predicted molar refractivity (Wildman–Crippen MR) is 49.2 cm³/mol. The van der Waals surface area contributed by atoms with Gasteiger partial charge in [-0.15, -0.1) is 0 Å². The third-order valence-electron chi connectivity index (χ3n) is 2.30. The highest BCUT2D eigenvalue weighted by molar-refractivity contribution is 5.33. The van der Waals surface area contributed by atoms with Crippen LogP contribution >= 0.6 is 0 Å². The van der Waals surface area contributed by atoms with Crippen LogP contribution in [-0.4, -0.2) is 6.61 Å². The van der Waals surface area contributed by atoms with E-state index in [1.54, 1.807) is 0 Å². The molecule has 0 radical (unpaired) electrons. The van der Waals surface area contributed by atoms with E-state index in [0.717, 1.165) is 6.61 Å². The highest BCUT2D eigenvalue weighted by atomic mass is 16.6. The van der Waals surface area contributed by atoms with Gasteiger partial charge in [0.05, 0.1) is 6.61 Å². The van der Waals surface area contributed by atoms with Crippen molar-refractivity contribution in [2.45, 2.75) is 25.9 Å². The van der Waals surface area contributed by atoms with Gasteiger partial charge in [-0.3, -0.25) is 0 Å². The van der Waals surface area contributed by atoms with Crippen LogP contribution in [0.3, 0.4) is 0 Å². The Morgan fingerprint density at radius 3 is 2.58 bits per heavy atom. The second kappa shape index (κ2) is 2.91. The van der Waals surface area contributed by atoms with Gasteiger partial charge in [-0.1, -0.05) is 38.1 Å². The Labute approximate surface area is 73.4 Å². The zero-order valence-corrected chi connectivity index (χ0v) is 7.58. The number of rotatable bonds is 2. The van der Waals surface area contributed by atoms with Gasteiger partial charge in [0.2, 0.25) is 0 Å². The van der Waals surface area contributed by atoms with Crippen molar-refractivity contribution in [3.63, 3.8) is 0 Å². The Morgan fingerprint density at radius 2 is 2.00 bits per heavy atom. The zero-order valence-electron chi connectivity index (χ0n) is 7.58. The Balaban J connectivity index is 2.36. The van der Waals surface area contributed by atoms with Gasteiger partial charge in [0.25, 0.3) is 0 Å². The third kappa shape index (κ3) is 1.37. The molecule has 1 saturated heterocycles. The van der Waals surface area contributed by atoms with Crippen LogP contribution in [0.2, 0.25) is 0 Å². The second-order valence-corrected chi connectivity index (χ2v) is 3.61. The topological polar surface area (TPSA) is 12.5 Å². The largest absolute Gasteiger partial charge is 0.368 e. The van der Waals surface area contributed by atoms with E-state index in [1.165, 1.54) is 11.1 Å². The number of epoxide rings is 1. The van der Waals surface area contributed by atoms with E-state index >= 15 is 0 Å². The van der Waals surface area contributed by atoms with Crippen molar-refractivity contribution in [2.75, 3.05) is 6.61 Å². The molecule has 0 aliphatic carbocycles. The fourth-order valence-corrected chi connectivity index (χ4v) is 1.56. The Hall–Kier alpha value is -0.820. The molecule has 1 nitrogen and oxygen atoms in total. The average molecular weight is 162 g/mol. The van der Waals surface area contributed by atoms with E-state index in [2.05, 4.69) is 38.1 Å². The van der Waals surface area contributed by atoms with E-state index < -0.39 is 0 Å². The van der Waals surface area contributed by atoms with E-state index in [1.807, 2.05) is 0 Å². The van der Waals surface area contributed by atoms with Crippen molar-refractivity contribution in [1.29, 1.82) is 0 Å². The van der Waals surface area contributed by atoms with Crippen LogP contribution in [0.4, 0.5) is 0 Å². The maximum atomic E-state index is 5.29. The molecule has 1 fully saturated rings. The minimum absolute atomic E-state index is 0.392. The number of hydrogen-bond donors (Lipinski definition) is 0. The molecule has 2 rings (SSSR count). The number of hydrogen-bond acceptors (Lipinski definition) is 1. The molecule has 1 aliphatic heterocycles. The van der Waals surface area contributed by atoms with Crippen molar-refractivity contribution in [3.05, 3.63) is 35.4 Å². The summed E-state index contributed by atoms with van der Waals surface area (Å²) in [5.41, 5.74) is 2.81. The van der Waals surface area contributed by atoms with Crippen LogP contribution in [0, 0.1) is 0 Å². The van der Waals surface area contributed by atoms with Gasteiger partial charge in [0.1, 0.15) is 6.10 Å². The summed E-state index contributed by atoms with van der Waals surface area (Å²) in [6, 6.07) is 8.55. The zero-order chi connectivity index (χ0) is 8.55. The summed E-state index contributed by atoms with van der Waals surface area (Å²) < 4.78 is 5.29. The van der Waals surface area contributed by atoms with Crippen LogP contribution in [0.5, 0.6) is 0 Å². The molecule has 12 heavy (non-hydrogen) atoms. The molecule has 0 aromatic heterocycles. The maximum Gasteiger partial charge on any atom is 0.106 e. The van der Waals surface area contributed by atoms with E-state index in [9.17, 15) is 0 Å². The van der Waals surface area contributed by atoms with Gasteiger partial charge in [-0.25, -0.2) is 0 Å². The first-order valence-electron chi connectivity index (χ1n) is 4.49. The smallest absolute Gasteiger partial charge is 0.106 e. The number of ether oxygens (including phenoxy) is 1. The van der Waals surface area contributed by atoms with Gasteiger partial charge < -0.3 is 4.74 Å². The lowest BCUT2D eigenvalue weighted by molar-refractivity contribution is 0.414. The summed E-state index contributed by atoms with van der Waals surface area (Å²) in [6.07, 6.45) is 0.392. The summed E-state index contributed by atoms with van der Waals surface area (Å²) in [7, 11) is 0. The minimum Gasteiger partial charge on any atom is -0.368 e. The minimum atomic E-state index is 0.392. The van der Waals surface area contributed by atoms with E-state index in [4.69, 9.17) is 4.74 Å². The fraction of sp³-hybridized carbons (Fsp3) is 0.455. The lowest BCUT2D eigenvalue weighted by Crippen LogP contribution is -1.94. The highest BCUT2D eigenvalue weighted by Crippen LogP contribution is 2.34. The molecule has 1 aromatic carbocycles. The molecule has 0 N–H and O–H groups in total. The van der Waals surface area contributed by atoms with Crippen molar-refractivity contribution in [1.82, 2.24) is 0 Å². The normalized spacial score (nSPS) is 21.4. The van der Waals surface area contributed by atoms with Gasteiger partial charge in [0, 0.05) is 0 Å². The first kappa shape index (κ1) is 7.81. The van der Waals surface area contributed by atoms with Gasteiger partial charge in [0.15, 0.2) is 0 Å². The summed E-state index contributed by atoms with van der Waals surface area (Å²) in [6.45, 7) is 5.35. The monoisotopic (exact) mass is 162 g/mol. The van der Waals surface area contributed by atoms with Crippen molar-refractivity contribution in [2.24, 2.45) is 0 Å². The first-order chi connectivity index (χ1) is 5.79. The quantitative estimate of drug-likeness (QED) is 0.609. The molecule has 1 atom stereocenters. The van der Waals surface area contributed by atoms with Crippen LogP contribution in [0.25, 0.3) is 0 Å². The summed E-state index contributed by atoms with van der Waals surface area (Å²) in [5, 5.41) is 0. The fourth-order valence-electron chi connectivity index (χ4n) is 1.56. The molecule has 0 saturated carbocycles. The van der Waals surface area contributed by atoms with Gasteiger partial charge in [-0.2, -0.15) is 0 Å². The van der Waals surface area contributed by atoms with Crippen molar-refractivity contribution in [3.8, 4) is 0 Å². The van der Waals surface area contributed by atoms with Crippen LogP contribution < -0.4 is 0 Å². The molecule has 1 heterocycles. The molecule has 64 valence electrons. The molecule has 0 bridgehead atoms. The summed E-state index contributed by atoms with van der Waals surface area (Å²) in [5.74, 6) is 0.602. The van der Waals surface area contributed by atoms with Crippen LogP contribution in [0.15, 0.2) is 24.3 Å². The molecule has 1 heteroatoms. The molecular formula is C11H14O. The summed E-state index contributed by atoms with van der Waals surface area (Å²) in [4.78, 5) is 0. The Kier molecular flexibility index (Phi) is 1.89. The molecule has 0 amide bonds. The van der Waals surface area contributed by atoms with Crippen LogP contribution in [-0.2, 0) is 4.74 Å². The molecule has 1 aromatic rings. The average Bonchev–Trinajstić information content (AvgIpc) is 2.87. The summed E-state index contributed by atoms with van der Waals surface area (Å²) >= 11 is 0. The number of benzene rings is 1. The third-order valence-corrected chi connectivity index (χ3v) is 2.30. The lowest BCUT2D eigenvalue weighted by Gasteiger charge is -2.09. The van der Waals surface area contributed by atoms with E-state index in [0.29, 0.717) is 12.0 Å². The lowest BCUT2D eigenvalue weighted by atomic mass is 9.96.